The highest BCUT2D eigenvalue weighted by atomic mass is 35.5. The summed E-state index contributed by atoms with van der Waals surface area (Å²) < 4.78 is 0. The number of carbonyl (C=O) groups excluding carboxylic acids is 2. The zero-order valence-corrected chi connectivity index (χ0v) is 15.2. The molecule has 0 spiro atoms. The number of amides is 1. The van der Waals surface area contributed by atoms with Gasteiger partial charge < -0.3 is 10.3 Å². The molecular formula is C19H17ClN2O2S. The van der Waals surface area contributed by atoms with Crippen LogP contribution in [0.4, 0.5) is 0 Å². The summed E-state index contributed by atoms with van der Waals surface area (Å²) in [7, 11) is 0. The number of nitrogens with one attached hydrogen (secondary N) is 2. The van der Waals surface area contributed by atoms with E-state index < -0.39 is 11.7 Å². The van der Waals surface area contributed by atoms with Crippen molar-refractivity contribution < 1.29 is 9.59 Å². The quantitative estimate of drug-likeness (QED) is 0.295. The minimum Gasteiger partial charge on any atom is -0.358 e. The normalized spacial score (nSPS) is 10.8. The second-order valence-electron chi connectivity index (χ2n) is 5.56. The summed E-state index contributed by atoms with van der Waals surface area (Å²) in [5.74, 6) is -0.413. The Kier molecular flexibility index (Phi) is 5.46. The Bertz CT molecular complexity index is 919. The van der Waals surface area contributed by atoms with Gasteiger partial charge in [-0.3, -0.25) is 9.59 Å². The zero-order valence-electron chi connectivity index (χ0n) is 13.6. The zero-order chi connectivity index (χ0) is 17.8. The first-order valence-corrected chi connectivity index (χ1v) is 9.21. The van der Waals surface area contributed by atoms with E-state index in [-0.39, 0.29) is 0 Å². The lowest BCUT2D eigenvalue weighted by atomic mass is 10.1. The smallest absolute Gasteiger partial charge is 0.292 e. The number of ketones is 1. The molecule has 0 unspecified atom stereocenters. The highest BCUT2D eigenvalue weighted by Crippen LogP contribution is 2.22. The van der Waals surface area contributed by atoms with Crippen molar-refractivity contribution >= 4 is 46.0 Å². The minimum atomic E-state index is -0.579. The van der Waals surface area contributed by atoms with E-state index in [0.29, 0.717) is 28.6 Å². The summed E-state index contributed by atoms with van der Waals surface area (Å²) in [4.78, 5) is 28.9. The summed E-state index contributed by atoms with van der Waals surface area (Å²) in [6, 6.07) is 15.0. The molecule has 0 aliphatic carbocycles. The third kappa shape index (κ3) is 4.06. The predicted molar refractivity (Wildman–Crippen MR) is 103 cm³/mol. The third-order valence-electron chi connectivity index (χ3n) is 3.80. The molecule has 1 aromatic heterocycles. The van der Waals surface area contributed by atoms with E-state index in [1.165, 1.54) is 0 Å². The second kappa shape index (κ2) is 7.76. The van der Waals surface area contributed by atoms with Gasteiger partial charge in [-0.2, -0.15) is 0 Å². The molecule has 0 saturated carbocycles. The van der Waals surface area contributed by atoms with Gasteiger partial charge in [0.05, 0.1) is 5.56 Å². The molecule has 0 radical (unpaired) electrons. The number of carbonyl (C=O) groups is 2. The van der Waals surface area contributed by atoms with Crippen LogP contribution in [0.15, 0.2) is 53.4 Å². The summed E-state index contributed by atoms with van der Waals surface area (Å²) in [6.07, 6.45) is 0. The van der Waals surface area contributed by atoms with Gasteiger partial charge in [-0.25, -0.2) is 0 Å². The molecule has 1 amide bonds. The van der Waals surface area contributed by atoms with Crippen LogP contribution in [0.2, 0.25) is 5.02 Å². The summed E-state index contributed by atoms with van der Waals surface area (Å²) >= 11 is 7.44. The molecule has 2 aromatic carbocycles. The van der Waals surface area contributed by atoms with Crippen LogP contribution in [0.5, 0.6) is 0 Å². The standard InChI is InChI=1S/C19H17ClN2O2S/c1-12-17(15-4-2-3-5-16(15)22-12)18(23)19(24)21-10-11-25-14-8-6-13(20)7-9-14/h2-9,22H,10-11H2,1H3,(H,21,24). The monoisotopic (exact) mass is 372 g/mol. The molecule has 1 heterocycles. The highest BCUT2D eigenvalue weighted by molar-refractivity contribution is 7.99. The molecule has 6 heteroatoms. The van der Waals surface area contributed by atoms with Crippen molar-refractivity contribution in [1.29, 1.82) is 0 Å². The van der Waals surface area contributed by atoms with Gasteiger partial charge in [0.2, 0.25) is 0 Å². The van der Waals surface area contributed by atoms with Crippen LogP contribution in [0, 0.1) is 6.92 Å². The van der Waals surface area contributed by atoms with Crippen LogP contribution in [0.1, 0.15) is 16.1 Å². The first-order valence-electron chi connectivity index (χ1n) is 7.84. The van der Waals surface area contributed by atoms with Crippen LogP contribution < -0.4 is 5.32 Å². The molecule has 25 heavy (non-hydrogen) atoms. The Morgan fingerprint density at radius 1 is 1.12 bits per heavy atom. The van der Waals surface area contributed by atoms with E-state index >= 15 is 0 Å². The first kappa shape index (κ1) is 17.6. The number of benzene rings is 2. The van der Waals surface area contributed by atoms with Crippen molar-refractivity contribution in [3.63, 3.8) is 0 Å². The van der Waals surface area contributed by atoms with Crippen molar-refractivity contribution in [2.75, 3.05) is 12.3 Å². The van der Waals surface area contributed by atoms with E-state index in [4.69, 9.17) is 11.6 Å². The molecule has 4 nitrogen and oxygen atoms in total. The minimum absolute atomic E-state index is 0.416. The van der Waals surface area contributed by atoms with Gasteiger partial charge in [-0.1, -0.05) is 29.8 Å². The Morgan fingerprint density at radius 3 is 2.60 bits per heavy atom. The van der Waals surface area contributed by atoms with Crippen molar-refractivity contribution in [2.45, 2.75) is 11.8 Å². The molecule has 3 rings (SSSR count). The van der Waals surface area contributed by atoms with Crippen LogP contribution in [-0.2, 0) is 4.79 Å². The summed E-state index contributed by atoms with van der Waals surface area (Å²) in [5, 5.41) is 4.16. The largest absolute Gasteiger partial charge is 0.358 e. The van der Waals surface area contributed by atoms with Gasteiger partial charge in [0.25, 0.3) is 11.7 Å². The Hall–Kier alpha value is -2.24. The van der Waals surface area contributed by atoms with Crippen LogP contribution >= 0.6 is 23.4 Å². The summed E-state index contributed by atoms with van der Waals surface area (Å²) in [6.45, 7) is 2.22. The Morgan fingerprint density at radius 2 is 1.84 bits per heavy atom. The Balaban J connectivity index is 1.58. The number of fused-ring (bicyclic) bond motifs is 1. The van der Waals surface area contributed by atoms with Gasteiger partial charge >= 0.3 is 0 Å². The summed E-state index contributed by atoms with van der Waals surface area (Å²) in [5.41, 5.74) is 2.00. The molecule has 0 aliphatic rings. The number of aryl methyl sites for hydroxylation is 1. The van der Waals surface area contributed by atoms with Gasteiger partial charge in [0, 0.05) is 38.8 Å². The molecule has 3 aromatic rings. The van der Waals surface area contributed by atoms with E-state index in [0.717, 1.165) is 15.8 Å². The van der Waals surface area contributed by atoms with Gasteiger partial charge in [-0.05, 0) is 37.3 Å². The van der Waals surface area contributed by atoms with Gasteiger partial charge in [0.15, 0.2) is 0 Å². The average Bonchev–Trinajstić information content (AvgIpc) is 2.95. The van der Waals surface area contributed by atoms with Crippen LogP contribution in [-0.4, -0.2) is 29.0 Å². The van der Waals surface area contributed by atoms with E-state index in [9.17, 15) is 9.59 Å². The molecule has 2 N–H and O–H groups in total. The lowest BCUT2D eigenvalue weighted by Crippen LogP contribution is -2.32. The maximum atomic E-state index is 12.5. The molecule has 0 atom stereocenters. The van der Waals surface area contributed by atoms with E-state index in [1.54, 1.807) is 18.7 Å². The number of hydrogen-bond acceptors (Lipinski definition) is 3. The fourth-order valence-electron chi connectivity index (χ4n) is 2.63. The number of H-pyrrole nitrogens is 1. The molecule has 0 aliphatic heterocycles. The topological polar surface area (TPSA) is 62.0 Å². The van der Waals surface area contributed by atoms with Gasteiger partial charge in [-0.15, -0.1) is 11.8 Å². The Labute approximate surface area is 155 Å². The number of para-hydroxylation sites is 1. The molecule has 0 bridgehead atoms. The van der Waals surface area contributed by atoms with Crippen LogP contribution in [0.3, 0.4) is 0 Å². The van der Waals surface area contributed by atoms with E-state index in [2.05, 4.69) is 10.3 Å². The fraction of sp³-hybridized carbons (Fsp3) is 0.158. The highest BCUT2D eigenvalue weighted by Gasteiger charge is 2.22. The molecule has 128 valence electrons. The molecule has 0 fully saturated rings. The lowest BCUT2D eigenvalue weighted by Gasteiger charge is -2.05. The second-order valence-corrected chi connectivity index (χ2v) is 7.16. The van der Waals surface area contributed by atoms with Crippen molar-refractivity contribution in [2.24, 2.45) is 0 Å². The average molecular weight is 373 g/mol. The molecular weight excluding hydrogens is 356 g/mol. The maximum Gasteiger partial charge on any atom is 0.292 e. The maximum absolute atomic E-state index is 12.5. The number of Topliss-reactive ketones (excluding diaryl/α,β-unsaturated/α-hetero) is 1. The fourth-order valence-corrected chi connectivity index (χ4v) is 3.52. The van der Waals surface area contributed by atoms with Crippen molar-refractivity contribution in [1.82, 2.24) is 10.3 Å². The third-order valence-corrected chi connectivity index (χ3v) is 5.06. The number of aromatic amines is 1. The van der Waals surface area contributed by atoms with Crippen molar-refractivity contribution in [3.8, 4) is 0 Å². The number of rotatable bonds is 6. The van der Waals surface area contributed by atoms with E-state index in [1.807, 2.05) is 48.5 Å². The lowest BCUT2D eigenvalue weighted by molar-refractivity contribution is -0.116. The molecule has 0 saturated heterocycles. The first-order chi connectivity index (χ1) is 12.1. The SMILES string of the molecule is Cc1[nH]c2ccccc2c1C(=O)C(=O)NCCSc1ccc(Cl)cc1. The van der Waals surface area contributed by atoms with Crippen molar-refractivity contribution in [3.05, 3.63) is 64.8 Å². The van der Waals surface area contributed by atoms with Crippen LogP contribution in [0.25, 0.3) is 10.9 Å². The number of aromatic nitrogens is 1. The van der Waals surface area contributed by atoms with Gasteiger partial charge in [0.1, 0.15) is 0 Å². The number of halogens is 1. The number of thioether (sulfide) groups is 1. The number of hydrogen-bond donors (Lipinski definition) is 2. The predicted octanol–water partition coefficient (Wildman–Crippen LogP) is 4.22.